The van der Waals surface area contributed by atoms with E-state index >= 15 is 0 Å². The Bertz CT molecular complexity index is 764. The van der Waals surface area contributed by atoms with Crippen molar-refractivity contribution >= 4 is 28.9 Å². The number of aryl methyl sites for hydroxylation is 1. The molecule has 0 fully saturated rings. The summed E-state index contributed by atoms with van der Waals surface area (Å²) in [5, 5.41) is 13.9. The van der Waals surface area contributed by atoms with Crippen molar-refractivity contribution in [1.29, 1.82) is 0 Å². The van der Waals surface area contributed by atoms with Crippen LogP contribution >= 0.6 is 11.6 Å². The molecule has 0 bridgehead atoms. The first-order chi connectivity index (χ1) is 11.4. The molecule has 2 aromatic carbocycles. The molecule has 0 aliphatic heterocycles. The van der Waals surface area contributed by atoms with Crippen LogP contribution in [0.25, 0.3) is 0 Å². The van der Waals surface area contributed by atoms with Crippen LogP contribution < -0.4 is 5.32 Å². The van der Waals surface area contributed by atoms with Crippen molar-refractivity contribution < 1.29 is 9.72 Å². The number of amides is 1. The van der Waals surface area contributed by atoms with E-state index < -0.39 is 4.92 Å². The summed E-state index contributed by atoms with van der Waals surface area (Å²) in [6.45, 7) is 2.73. The molecule has 1 N–H and O–H groups in total. The molecule has 7 heteroatoms. The van der Waals surface area contributed by atoms with E-state index in [0.717, 1.165) is 11.1 Å². The van der Waals surface area contributed by atoms with Crippen LogP contribution in [0.3, 0.4) is 0 Å². The number of rotatable bonds is 6. The number of halogens is 1. The molecule has 2 aromatic rings. The van der Waals surface area contributed by atoms with E-state index in [2.05, 4.69) is 5.32 Å². The van der Waals surface area contributed by atoms with Crippen LogP contribution in [0, 0.1) is 17.0 Å². The number of nitrogens with zero attached hydrogens (tertiary/aromatic N) is 2. The van der Waals surface area contributed by atoms with Crippen LogP contribution in [0.15, 0.2) is 42.5 Å². The van der Waals surface area contributed by atoms with Gasteiger partial charge in [0.1, 0.15) is 5.69 Å². The Morgan fingerprint density at radius 3 is 2.67 bits per heavy atom. The monoisotopic (exact) mass is 347 g/mol. The summed E-state index contributed by atoms with van der Waals surface area (Å²) in [7, 11) is 1.82. The average Bonchev–Trinajstić information content (AvgIpc) is 2.49. The number of nitrogens with one attached hydrogen (secondary N) is 1. The van der Waals surface area contributed by atoms with Gasteiger partial charge in [0.25, 0.3) is 5.69 Å². The van der Waals surface area contributed by atoms with Crippen LogP contribution in [0.1, 0.15) is 11.1 Å². The van der Waals surface area contributed by atoms with E-state index in [1.54, 1.807) is 0 Å². The van der Waals surface area contributed by atoms with E-state index in [4.69, 9.17) is 11.6 Å². The van der Waals surface area contributed by atoms with Crippen LogP contribution in [0.4, 0.5) is 11.4 Å². The zero-order chi connectivity index (χ0) is 17.7. The molecule has 0 atom stereocenters. The number of nitro groups is 1. The van der Waals surface area contributed by atoms with Gasteiger partial charge in [-0.25, -0.2) is 0 Å². The fourth-order valence-electron chi connectivity index (χ4n) is 2.34. The summed E-state index contributed by atoms with van der Waals surface area (Å²) in [5.74, 6) is -0.337. The van der Waals surface area contributed by atoms with Crippen LogP contribution in [0.5, 0.6) is 0 Å². The van der Waals surface area contributed by atoms with Crippen LogP contribution in [-0.2, 0) is 11.3 Å². The standard InChI is InChI=1S/C17H18ClN3O3/c1-12-5-3-4-6-13(12)10-20(2)11-17(22)19-15-9-14(18)7-8-16(15)21(23)24/h3-9H,10-11H2,1-2H3,(H,19,22). The summed E-state index contributed by atoms with van der Waals surface area (Å²) in [4.78, 5) is 24.5. The Morgan fingerprint density at radius 2 is 2.00 bits per heavy atom. The van der Waals surface area contributed by atoms with E-state index in [0.29, 0.717) is 11.6 Å². The minimum Gasteiger partial charge on any atom is -0.319 e. The SMILES string of the molecule is Cc1ccccc1CN(C)CC(=O)Nc1cc(Cl)ccc1[N+](=O)[O-]. The first-order valence-corrected chi connectivity index (χ1v) is 7.71. The van der Waals surface area contributed by atoms with Gasteiger partial charge in [0, 0.05) is 17.6 Å². The molecular weight excluding hydrogens is 330 g/mol. The number of benzene rings is 2. The maximum Gasteiger partial charge on any atom is 0.292 e. The molecule has 0 saturated carbocycles. The van der Waals surface area contributed by atoms with Gasteiger partial charge in [-0.05, 0) is 37.2 Å². The Labute approximate surface area is 145 Å². The van der Waals surface area contributed by atoms with Gasteiger partial charge in [0.2, 0.25) is 5.91 Å². The quantitative estimate of drug-likeness (QED) is 0.639. The molecule has 24 heavy (non-hydrogen) atoms. The predicted octanol–water partition coefficient (Wildman–Crippen LogP) is 3.63. The van der Waals surface area contributed by atoms with Gasteiger partial charge in [-0.3, -0.25) is 19.8 Å². The summed E-state index contributed by atoms with van der Waals surface area (Å²) in [6, 6.07) is 12.0. The van der Waals surface area contributed by atoms with E-state index in [9.17, 15) is 14.9 Å². The molecule has 6 nitrogen and oxygen atoms in total. The van der Waals surface area contributed by atoms with Gasteiger partial charge in [0.15, 0.2) is 0 Å². The molecule has 0 aliphatic rings. The highest BCUT2D eigenvalue weighted by Gasteiger charge is 2.17. The topological polar surface area (TPSA) is 75.5 Å². The second kappa shape index (κ2) is 7.90. The number of carbonyl (C=O) groups excluding carboxylic acids is 1. The van der Waals surface area contributed by atoms with E-state index in [-0.39, 0.29) is 23.8 Å². The fraction of sp³-hybridized carbons (Fsp3) is 0.235. The average molecular weight is 348 g/mol. The zero-order valence-corrected chi connectivity index (χ0v) is 14.2. The first-order valence-electron chi connectivity index (χ1n) is 7.33. The van der Waals surface area contributed by atoms with Gasteiger partial charge in [-0.15, -0.1) is 0 Å². The number of hydrogen-bond donors (Lipinski definition) is 1. The molecule has 0 unspecified atom stereocenters. The number of hydrogen-bond acceptors (Lipinski definition) is 4. The first kappa shape index (κ1) is 17.9. The minimum atomic E-state index is -0.553. The molecule has 0 aliphatic carbocycles. The van der Waals surface area contributed by atoms with E-state index in [1.807, 2.05) is 43.1 Å². The van der Waals surface area contributed by atoms with Gasteiger partial charge in [-0.2, -0.15) is 0 Å². The number of carbonyl (C=O) groups is 1. The van der Waals surface area contributed by atoms with Crippen molar-refractivity contribution in [2.75, 3.05) is 18.9 Å². The highest BCUT2D eigenvalue weighted by Crippen LogP contribution is 2.27. The third-order valence-electron chi connectivity index (χ3n) is 3.54. The third kappa shape index (κ3) is 4.78. The molecule has 126 valence electrons. The molecule has 2 rings (SSSR count). The lowest BCUT2D eigenvalue weighted by Crippen LogP contribution is -2.30. The summed E-state index contributed by atoms with van der Waals surface area (Å²) in [5.41, 5.74) is 2.19. The highest BCUT2D eigenvalue weighted by molar-refractivity contribution is 6.31. The Kier molecular flexibility index (Phi) is 5.89. The zero-order valence-electron chi connectivity index (χ0n) is 13.5. The summed E-state index contributed by atoms with van der Waals surface area (Å²) < 4.78 is 0. The Hall–Kier alpha value is -2.44. The molecular formula is C17H18ClN3O3. The van der Waals surface area contributed by atoms with Crippen molar-refractivity contribution in [3.63, 3.8) is 0 Å². The van der Waals surface area contributed by atoms with Gasteiger partial charge >= 0.3 is 0 Å². The number of likely N-dealkylation sites (N-methyl/N-ethyl adjacent to an activating group) is 1. The lowest BCUT2D eigenvalue weighted by atomic mass is 10.1. The number of anilines is 1. The molecule has 0 spiro atoms. The van der Waals surface area contributed by atoms with Gasteiger partial charge < -0.3 is 5.32 Å². The fourth-order valence-corrected chi connectivity index (χ4v) is 2.51. The van der Waals surface area contributed by atoms with Crippen molar-refractivity contribution in [1.82, 2.24) is 4.90 Å². The molecule has 0 aromatic heterocycles. The van der Waals surface area contributed by atoms with Gasteiger partial charge in [-0.1, -0.05) is 35.9 Å². The molecule has 0 saturated heterocycles. The third-order valence-corrected chi connectivity index (χ3v) is 3.78. The second-order valence-corrected chi connectivity index (χ2v) is 6.00. The Balaban J connectivity index is 2.02. The normalized spacial score (nSPS) is 10.7. The molecule has 0 heterocycles. The van der Waals surface area contributed by atoms with E-state index in [1.165, 1.54) is 18.2 Å². The summed E-state index contributed by atoms with van der Waals surface area (Å²) in [6.07, 6.45) is 0. The maximum atomic E-state index is 12.2. The summed E-state index contributed by atoms with van der Waals surface area (Å²) >= 11 is 5.85. The smallest absolute Gasteiger partial charge is 0.292 e. The molecule has 1 amide bonds. The van der Waals surface area contributed by atoms with Crippen molar-refractivity contribution in [2.24, 2.45) is 0 Å². The lowest BCUT2D eigenvalue weighted by Gasteiger charge is -2.17. The second-order valence-electron chi connectivity index (χ2n) is 5.57. The van der Waals surface area contributed by atoms with Crippen molar-refractivity contribution in [3.05, 3.63) is 68.7 Å². The Morgan fingerprint density at radius 1 is 1.29 bits per heavy atom. The highest BCUT2D eigenvalue weighted by atomic mass is 35.5. The van der Waals surface area contributed by atoms with Crippen molar-refractivity contribution in [3.8, 4) is 0 Å². The lowest BCUT2D eigenvalue weighted by molar-refractivity contribution is -0.383. The number of nitro benzene ring substituents is 1. The predicted molar refractivity (Wildman–Crippen MR) is 94.2 cm³/mol. The van der Waals surface area contributed by atoms with Gasteiger partial charge in [0.05, 0.1) is 11.5 Å². The minimum absolute atomic E-state index is 0.0989. The van der Waals surface area contributed by atoms with Crippen LogP contribution in [0.2, 0.25) is 5.02 Å². The van der Waals surface area contributed by atoms with Crippen molar-refractivity contribution in [2.45, 2.75) is 13.5 Å². The van der Waals surface area contributed by atoms with Crippen LogP contribution in [-0.4, -0.2) is 29.3 Å². The largest absolute Gasteiger partial charge is 0.319 e. The maximum absolute atomic E-state index is 12.2. The molecule has 0 radical (unpaired) electrons.